The van der Waals surface area contributed by atoms with Gasteiger partial charge >= 0.3 is 0 Å². The van der Waals surface area contributed by atoms with Crippen molar-refractivity contribution in [3.05, 3.63) is 71.6 Å². The number of hydrogen-bond donors (Lipinski definition) is 1. The van der Waals surface area contributed by atoms with Crippen LogP contribution < -0.4 is 5.32 Å². The number of rotatable bonds is 5. The summed E-state index contributed by atoms with van der Waals surface area (Å²) in [5.41, 5.74) is 4.21. The van der Waals surface area contributed by atoms with E-state index in [2.05, 4.69) is 15.3 Å². The lowest BCUT2D eigenvalue weighted by molar-refractivity contribution is 0.629. The molecule has 0 radical (unpaired) electrons. The number of pyridine rings is 2. The molecule has 0 atom stereocenters. The molecule has 4 aromatic rings. The third-order valence-corrected chi connectivity index (χ3v) is 5.49. The first-order valence-electron chi connectivity index (χ1n) is 9.00. The Labute approximate surface area is 178 Å². The van der Waals surface area contributed by atoms with E-state index in [1.54, 1.807) is 23.9 Å². The summed E-state index contributed by atoms with van der Waals surface area (Å²) in [5, 5.41) is 4.97. The van der Waals surface area contributed by atoms with E-state index in [0.29, 0.717) is 6.54 Å². The minimum absolute atomic E-state index is 0. The maximum atomic E-state index is 13.7. The summed E-state index contributed by atoms with van der Waals surface area (Å²) in [7, 11) is 0. The molecule has 0 fully saturated rings. The number of thioether (sulfide) groups is 1. The van der Waals surface area contributed by atoms with Crippen LogP contribution in [0.4, 0.5) is 14.5 Å². The van der Waals surface area contributed by atoms with Crippen molar-refractivity contribution >= 4 is 51.7 Å². The first-order valence-corrected chi connectivity index (χ1v) is 9.99. The topological polar surface area (TPSA) is 37.8 Å². The van der Waals surface area contributed by atoms with Gasteiger partial charge in [0.25, 0.3) is 0 Å². The fraction of sp³-hybridized carbons (Fsp3) is 0.182. The molecule has 0 aliphatic rings. The van der Waals surface area contributed by atoms with Crippen molar-refractivity contribution in [3.8, 4) is 0 Å². The van der Waals surface area contributed by atoms with Crippen LogP contribution >= 0.6 is 24.2 Å². The zero-order chi connectivity index (χ0) is 19.7. The quantitative estimate of drug-likeness (QED) is 0.297. The number of hydrogen-bond acceptors (Lipinski definition) is 4. The van der Waals surface area contributed by atoms with Crippen LogP contribution in [-0.2, 0) is 0 Å². The molecule has 7 heteroatoms. The van der Waals surface area contributed by atoms with Gasteiger partial charge in [0, 0.05) is 45.0 Å². The number of nitrogens with zero attached hydrogens (tertiary/aromatic N) is 2. The number of nitrogens with one attached hydrogen (secondary N) is 1. The highest BCUT2D eigenvalue weighted by atomic mass is 35.5. The van der Waals surface area contributed by atoms with Crippen molar-refractivity contribution in [1.29, 1.82) is 0 Å². The lowest BCUT2D eigenvalue weighted by atomic mass is 10.1. The second-order valence-electron chi connectivity index (χ2n) is 6.67. The third-order valence-electron chi connectivity index (χ3n) is 4.43. The Kier molecular flexibility index (Phi) is 6.55. The van der Waals surface area contributed by atoms with Gasteiger partial charge in [0.15, 0.2) is 0 Å². The van der Waals surface area contributed by atoms with Gasteiger partial charge in [0.2, 0.25) is 0 Å². The molecule has 0 spiro atoms. The average molecular weight is 432 g/mol. The van der Waals surface area contributed by atoms with E-state index in [1.165, 1.54) is 24.3 Å². The zero-order valence-corrected chi connectivity index (χ0v) is 17.6. The molecule has 0 unspecified atom stereocenters. The summed E-state index contributed by atoms with van der Waals surface area (Å²) in [6, 6.07) is 13.2. The first-order chi connectivity index (χ1) is 13.5. The van der Waals surface area contributed by atoms with Gasteiger partial charge < -0.3 is 5.32 Å². The number of aryl methyl sites for hydroxylation is 2. The predicted octanol–water partition coefficient (Wildman–Crippen LogP) is 6.30. The van der Waals surface area contributed by atoms with Crippen molar-refractivity contribution in [2.24, 2.45) is 0 Å². The Hall–Kier alpha value is -2.44. The van der Waals surface area contributed by atoms with E-state index < -0.39 is 0 Å². The molecule has 2 aromatic heterocycles. The van der Waals surface area contributed by atoms with E-state index in [0.717, 1.165) is 49.5 Å². The van der Waals surface area contributed by atoms with Crippen LogP contribution in [0.1, 0.15) is 11.4 Å². The molecular formula is C22H20ClF2N3S. The van der Waals surface area contributed by atoms with Crippen LogP contribution in [0, 0.1) is 25.5 Å². The van der Waals surface area contributed by atoms with E-state index in [1.807, 2.05) is 26.0 Å². The van der Waals surface area contributed by atoms with E-state index in [-0.39, 0.29) is 24.0 Å². The highest BCUT2D eigenvalue weighted by Crippen LogP contribution is 2.29. The molecule has 0 saturated carbocycles. The molecule has 2 heterocycles. The highest BCUT2D eigenvalue weighted by molar-refractivity contribution is 7.99. The molecule has 0 aliphatic carbocycles. The molecule has 2 aromatic carbocycles. The van der Waals surface area contributed by atoms with Crippen LogP contribution in [0.25, 0.3) is 21.8 Å². The molecule has 1 N–H and O–H groups in total. The smallest absolute Gasteiger partial charge is 0.124 e. The zero-order valence-electron chi connectivity index (χ0n) is 16.0. The largest absolute Gasteiger partial charge is 0.384 e. The minimum atomic E-state index is -0.281. The molecular weight excluding hydrogens is 412 g/mol. The Morgan fingerprint density at radius 1 is 0.828 bits per heavy atom. The maximum absolute atomic E-state index is 13.7. The van der Waals surface area contributed by atoms with Crippen molar-refractivity contribution < 1.29 is 8.78 Å². The number of aromatic nitrogens is 2. The molecule has 0 bridgehead atoms. The van der Waals surface area contributed by atoms with Crippen LogP contribution in [0.2, 0.25) is 0 Å². The third kappa shape index (κ3) is 4.77. The summed E-state index contributed by atoms with van der Waals surface area (Å²) in [6.07, 6.45) is 0. The van der Waals surface area contributed by atoms with Crippen LogP contribution in [-0.4, -0.2) is 22.3 Å². The SMILES string of the molecule is Cc1cc(NCCSc2cc(C)nc3ccc(F)cc23)c2cc(F)ccc2n1.Cl. The molecule has 0 aliphatic heterocycles. The van der Waals surface area contributed by atoms with Gasteiger partial charge in [-0.25, -0.2) is 8.78 Å². The summed E-state index contributed by atoms with van der Waals surface area (Å²) >= 11 is 1.65. The number of anilines is 1. The Morgan fingerprint density at radius 2 is 1.41 bits per heavy atom. The standard InChI is InChI=1S/C22H19F2N3S.ClH/c1-13-9-21(17-11-15(23)3-5-19(17)26-13)25-7-8-28-22-10-14(2)27-20-6-4-16(24)12-18(20)22;/h3-6,9-12H,7-8H2,1-2H3,(H,25,26);1H. The molecule has 0 saturated heterocycles. The van der Waals surface area contributed by atoms with Gasteiger partial charge in [-0.2, -0.15) is 0 Å². The first kappa shape index (κ1) is 21.3. The molecule has 4 rings (SSSR count). The second kappa shape index (κ2) is 8.93. The van der Waals surface area contributed by atoms with Gasteiger partial charge in [0.05, 0.1) is 11.0 Å². The van der Waals surface area contributed by atoms with Gasteiger partial charge in [0.1, 0.15) is 11.6 Å². The summed E-state index contributed by atoms with van der Waals surface area (Å²) in [6.45, 7) is 4.53. The summed E-state index contributed by atoms with van der Waals surface area (Å²) in [5.74, 6) is 0.225. The predicted molar refractivity (Wildman–Crippen MR) is 119 cm³/mol. The van der Waals surface area contributed by atoms with Crippen molar-refractivity contribution in [2.45, 2.75) is 18.7 Å². The Balaban J connectivity index is 0.00000240. The van der Waals surface area contributed by atoms with Crippen LogP contribution in [0.3, 0.4) is 0 Å². The summed E-state index contributed by atoms with van der Waals surface area (Å²) in [4.78, 5) is 9.92. The Bertz CT molecular complexity index is 1090. The lowest BCUT2D eigenvalue weighted by Crippen LogP contribution is -2.05. The highest BCUT2D eigenvalue weighted by Gasteiger charge is 2.08. The van der Waals surface area contributed by atoms with Crippen LogP contribution in [0.15, 0.2) is 53.4 Å². The number of fused-ring (bicyclic) bond motifs is 2. The fourth-order valence-electron chi connectivity index (χ4n) is 3.24. The second-order valence-corrected chi connectivity index (χ2v) is 7.81. The van der Waals surface area contributed by atoms with E-state index >= 15 is 0 Å². The molecule has 3 nitrogen and oxygen atoms in total. The monoisotopic (exact) mass is 431 g/mol. The van der Waals surface area contributed by atoms with Gasteiger partial charge in [-0.05, 0) is 62.4 Å². The fourth-order valence-corrected chi connectivity index (χ4v) is 4.23. The van der Waals surface area contributed by atoms with Gasteiger partial charge in [-0.3, -0.25) is 9.97 Å². The number of halogens is 3. The van der Waals surface area contributed by atoms with Gasteiger partial charge in [-0.1, -0.05) is 0 Å². The summed E-state index contributed by atoms with van der Waals surface area (Å²) < 4.78 is 27.3. The van der Waals surface area contributed by atoms with Gasteiger partial charge in [-0.15, -0.1) is 24.2 Å². The van der Waals surface area contributed by atoms with Crippen molar-refractivity contribution in [3.63, 3.8) is 0 Å². The average Bonchev–Trinajstić information content (AvgIpc) is 2.65. The minimum Gasteiger partial charge on any atom is -0.384 e. The lowest BCUT2D eigenvalue weighted by Gasteiger charge is -2.12. The van der Waals surface area contributed by atoms with Crippen LogP contribution in [0.5, 0.6) is 0 Å². The van der Waals surface area contributed by atoms with E-state index in [9.17, 15) is 8.78 Å². The molecule has 29 heavy (non-hydrogen) atoms. The van der Waals surface area contributed by atoms with Crippen molar-refractivity contribution in [2.75, 3.05) is 17.6 Å². The maximum Gasteiger partial charge on any atom is 0.124 e. The molecule has 150 valence electrons. The van der Waals surface area contributed by atoms with E-state index in [4.69, 9.17) is 0 Å². The Morgan fingerprint density at radius 3 is 2.10 bits per heavy atom. The van der Waals surface area contributed by atoms with Crippen molar-refractivity contribution in [1.82, 2.24) is 9.97 Å². The normalized spacial score (nSPS) is 10.9. The molecule has 0 amide bonds. The number of benzene rings is 2.